The van der Waals surface area contributed by atoms with Crippen LogP contribution in [-0.4, -0.2) is 11.6 Å². The maximum absolute atomic E-state index is 5.74. The van der Waals surface area contributed by atoms with Crippen molar-refractivity contribution in [2.45, 2.75) is 45.1 Å². The van der Waals surface area contributed by atoms with E-state index in [2.05, 4.69) is 16.5 Å². The lowest BCUT2D eigenvalue weighted by Crippen LogP contribution is -2.34. The number of nitrogens with zero attached hydrogens (tertiary/aromatic N) is 1. The molecular weight excluding hydrogens is 226 g/mol. The minimum Gasteiger partial charge on any atom is -0.492 e. The van der Waals surface area contributed by atoms with Gasteiger partial charge in [0.1, 0.15) is 5.75 Å². The molecule has 1 unspecified atom stereocenters. The van der Waals surface area contributed by atoms with Crippen LogP contribution in [0.1, 0.15) is 50.6 Å². The van der Waals surface area contributed by atoms with Gasteiger partial charge >= 0.3 is 0 Å². The Bertz CT molecular complexity index is 364. The average Bonchev–Trinajstić information content (AvgIpc) is 2.42. The van der Waals surface area contributed by atoms with Gasteiger partial charge in [0, 0.05) is 6.20 Å². The van der Waals surface area contributed by atoms with Gasteiger partial charge in [0.25, 0.3) is 0 Å². The van der Waals surface area contributed by atoms with Crippen molar-refractivity contribution in [3.63, 3.8) is 0 Å². The highest BCUT2D eigenvalue weighted by atomic mass is 16.5. The fourth-order valence-electron chi connectivity index (χ4n) is 2.82. The number of hydrogen-bond donors (Lipinski definition) is 2. The first-order valence-electron chi connectivity index (χ1n) is 6.89. The monoisotopic (exact) mass is 249 g/mol. The fraction of sp³-hybridized carbons (Fsp3) is 0.643. The van der Waals surface area contributed by atoms with E-state index >= 15 is 0 Å². The van der Waals surface area contributed by atoms with E-state index in [1.165, 1.54) is 32.1 Å². The van der Waals surface area contributed by atoms with Crippen LogP contribution in [0.3, 0.4) is 0 Å². The number of nitrogens with one attached hydrogen (secondary N) is 1. The van der Waals surface area contributed by atoms with Gasteiger partial charge in [-0.05, 0) is 37.3 Å². The molecule has 2 rings (SSSR count). The average molecular weight is 249 g/mol. The number of hydrazine groups is 1. The molecule has 0 saturated heterocycles. The smallest absolute Gasteiger partial charge is 0.137 e. The molecule has 1 aromatic heterocycles. The molecule has 3 N–H and O–H groups in total. The zero-order valence-corrected chi connectivity index (χ0v) is 11.1. The molecule has 100 valence electrons. The summed E-state index contributed by atoms with van der Waals surface area (Å²) in [5.41, 5.74) is 4.10. The maximum atomic E-state index is 5.74. The van der Waals surface area contributed by atoms with Gasteiger partial charge in [-0.1, -0.05) is 19.3 Å². The van der Waals surface area contributed by atoms with E-state index in [1.807, 2.05) is 13.1 Å². The highest BCUT2D eigenvalue weighted by Crippen LogP contribution is 2.34. The lowest BCUT2D eigenvalue weighted by molar-refractivity contribution is 0.272. The highest BCUT2D eigenvalue weighted by Gasteiger charge is 2.24. The molecule has 18 heavy (non-hydrogen) atoms. The van der Waals surface area contributed by atoms with Crippen LogP contribution >= 0.6 is 0 Å². The molecule has 0 aliphatic heterocycles. The first-order valence-corrected chi connectivity index (χ1v) is 6.89. The minimum absolute atomic E-state index is 0.193. The number of ether oxygens (including phenoxy) is 1. The van der Waals surface area contributed by atoms with Crippen molar-refractivity contribution >= 4 is 0 Å². The highest BCUT2D eigenvalue weighted by molar-refractivity contribution is 5.26. The second-order valence-electron chi connectivity index (χ2n) is 4.93. The molecule has 1 aliphatic rings. The van der Waals surface area contributed by atoms with Crippen LogP contribution < -0.4 is 16.0 Å². The van der Waals surface area contributed by atoms with Gasteiger partial charge in [0.2, 0.25) is 0 Å². The molecule has 0 radical (unpaired) electrons. The molecule has 1 fully saturated rings. The molecule has 1 aromatic rings. The number of aromatic nitrogens is 1. The lowest BCUT2D eigenvalue weighted by atomic mass is 9.82. The number of rotatable bonds is 5. The third kappa shape index (κ3) is 3.21. The van der Waals surface area contributed by atoms with Gasteiger partial charge < -0.3 is 4.74 Å². The summed E-state index contributed by atoms with van der Waals surface area (Å²) in [5, 5.41) is 0. The van der Waals surface area contributed by atoms with E-state index < -0.39 is 0 Å². The molecule has 4 heteroatoms. The van der Waals surface area contributed by atoms with Crippen LogP contribution in [-0.2, 0) is 0 Å². The van der Waals surface area contributed by atoms with E-state index in [9.17, 15) is 0 Å². The van der Waals surface area contributed by atoms with Crippen LogP contribution in [0.2, 0.25) is 0 Å². The maximum Gasteiger partial charge on any atom is 0.137 e. The number of hydrogen-bond acceptors (Lipinski definition) is 4. The molecule has 1 heterocycles. The van der Waals surface area contributed by atoms with Gasteiger partial charge in [-0.2, -0.15) is 0 Å². The molecule has 0 aromatic carbocycles. The van der Waals surface area contributed by atoms with Gasteiger partial charge in [0.05, 0.1) is 18.8 Å². The van der Waals surface area contributed by atoms with Crippen molar-refractivity contribution in [2.75, 3.05) is 6.61 Å². The number of nitrogens with two attached hydrogens (primary N) is 1. The minimum atomic E-state index is 0.193. The molecule has 1 aliphatic carbocycles. The summed E-state index contributed by atoms with van der Waals surface area (Å²) in [6, 6.07) is 2.24. The SMILES string of the molecule is CCOc1cncc(C(NN)C2CCCCC2)c1. The van der Waals surface area contributed by atoms with Crippen molar-refractivity contribution in [1.82, 2.24) is 10.4 Å². The number of pyridine rings is 1. The summed E-state index contributed by atoms with van der Waals surface area (Å²) in [4.78, 5) is 4.25. The predicted octanol–water partition coefficient (Wildman–Crippen LogP) is 2.57. The van der Waals surface area contributed by atoms with Crippen LogP contribution in [0.15, 0.2) is 18.5 Å². The fourth-order valence-corrected chi connectivity index (χ4v) is 2.82. The van der Waals surface area contributed by atoms with Crippen molar-refractivity contribution in [2.24, 2.45) is 11.8 Å². The van der Waals surface area contributed by atoms with E-state index in [0.717, 1.165) is 11.3 Å². The van der Waals surface area contributed by atoms with Crippen molar-refractivity contribution in [1.29, 1.82) is 0 Å². The summed E-state index contributed by atoms with van der Waals surface area (Å²) in [5.74, 6) is 7.18. The van der Waals surface area contributed by atoms with E-state index in [0.29, 0.717) is 12.5 Å². The van der Waals surface area contributed by atoms with Crippen molar-refractivity contribution < 1.29 is 4.74 Å². The van der Waals surface area contributed by atoms with Crippen molar-refractivity contribution in [3.05, 3.63) is 24.0 Å². The summed E-state index contributed by atoms with van der Waals surface area (Å²) < 4.78 is 5.50. The van der Waals surface area contributed by atoms with Gasteiger partial charge in [-0.15, -0.1) is 0 Å². The molecule has 1 atom stereocenters. The first kappa shape index (κ1) is 13.3. The molecule has 1 saturated carbocycles. The van der Waals surface area contributed by atoms with Crippen molar-refractivity contribution in [3.8, 4) is 5.75 Å². The molecular formula is C14H23N3O. The second kappa shape index (κ2) is 6.71. The zero-order valence-electron chi connectivity index (χ0n) is 11.1. The van der Waals surface area contributed by atoms with Gasteiger partial charge in [-0.25, -0.2) is 0 Å². The third-order valence-corrected chi connectivity index (χ3v) is 3.71. The summed E-state index contributed by atoms with van der Waals surface area (Å²) in [7, 11) is 0. The van der Waals surface area contributed by atoms with Gasteiger partial charge in [0.15, 0.2) is 0 Å². The van der Waals surface area contributed by atoms with E-state index in [-0.39, 0.29) is 6.04 Å². The predicted molar refractivity (Wildman–Crippen MR) is 72.0 cm³/mol. The summed E-state index contributed by atoms with van der Waals surface area (Å²) in [6.45, 7) is 2.64. The Morgan fingerprint density at radius 3 is 2.83 bits per heavy atom. The van der Waals surface area contributed by atoms with Crippen LogP contribution in [0.5, 0.6) is 5.75 Å². The lowest BCUT2D eigenvalue weighted by Gasteiger charge is -2.30. The normalized spacial score (nSPS) is 18.6. The molecule has 0 spiro atoms. The van der Waals surface area contributed by atoms with E-state index in [1.54, 1.807) is 6.20 Å². The summed E-state index contributed by atoms with van der Waals surface area (Å²) >= 11 is 0. The van der Waals surface area contributed by atoms with Gasteiger partial charge in [-0.3, -0.25) is 16.3 Å². The summed E-state index contributed by atoms with van der Waals surface area (Å²) in [6.07, 6.45) is 10.1. The Kier molecular flexibility index (Phi) is 4.96. The van der Waals surface area contributed by atoms with Crippen LogP contribution in [0, 0.1) is 5.92 Å². The largest absolute Gasteiger partial charge is 0.492 e. The van der Waals surface area contributed by atoms with Crippen LogP contribution in [0.25, 0.3) is 0 Å². The Balaban J connectivity index is 2.12. The third-order valence-electron chi connectivity index (χ3n) is 3.71. The quantitative estimate of drug-likeness (QED) is 0.622. The van der Waals surface area contributed by atoms with Crippen LogP contribution in [0.4, 0.5) is 0 Å². The second-order valence-corrected chi connectivity index (χ2v) is 4.93. The Labute approximate surface area is 109 Å². The zero-order chi connectivity index (χ0) is 12.8. The Hall–Kier alpha value is -1.13. The molecule has 0 amide bonds. The molecule has 0 bridgehead atoms. The molecule has 4 nitrogen and oxygen atoms in total. The standard InChI is InChI=1S/C14H23N3O/c1-2-18-13-8-12(9-16-10-13)14(17-15)11-6-4-3-5-7-11/h8-11,14,17H,2-7,15H2,1H3. The Morgan fingerprint density at radius 1 is 1.39 bits per heavy atom. The van der Waals surface area contributed by atoms with E-state index in [4.69, 9.17) is 10.6 Å². The first-order chi connectivity index (χ1) is 8.85. The topological polar surface area (TPSA) is 60.2 Å². The Morgan fingerprint density at radius 2 is 2.17 bits per heavy atom.